The van der Waals surface area contributed by atoms with E-state index in [-0.39, 0.29) is 17.2 Å². The van der Waals surface area contributed by atoms with Crippen LogP contribution in [0.25, 0.3) is 0 Å². The van der Waals surface area contributed by atoms with E-state index in [1.54, 1.807) is 13.2 Å². The third kappa shape index (κ3) is 2.63. The molecule has 0 bridgehead atoms. The fraction of sp³-hybridized carbons (Fsp3) is 0.625. The number of amides is 2. The number of ether oxygens (including phenoxy) is 1. The molecule has 1 spiro atoms. The van der Waals surface area contributed by atoms with Crippen LogP contribution in [0.15, 0.2) is 23.0 Å². The molecule has 2 amide bonds. The maximum atomic E-state index is 12.6. The Morgan fingerprint density at radius 1 is 1.32 bits per heavy atom. The van der Waals surface area contributed by atoms with Gasteiger partial charge < -0.3 is 19.0 Å². The standard InChI is InChI=1S/C16H22N2O4/c1-21-11-9-18-8-5-16(15(18)20)3-6-17(7-4-16)14(19)13-2-10-22-12-13/h2,10,12H,3-9,11H2,1H3. The normalized spacial score (nSPS) is 20.9. The lowest BCUT2D eigenvalue weighted by Crippen LogP contribution is -2.46. The van der Waals surface area contributed by atoms with Crippen molar-refractivity contribution >= 4 is 11.8 Å². The second kappa shape index (κ2) is 6.12. The summed E-state index contributed by atoms with van der Waals surface area (Å²) in [6.45, 7) is 3.31. The highest BCUT2D eigenvalue weighted by Gasteiger charge is 2.48. The Hall–Kier alpha value is -1.82. The third-order valence-corrected chi connectivity index (χ3v) is 4.94. The summed E-state index contributed by atoms with van der Waals surface area (Å²) in [6, 6.07) is 1.68. The van der Waals surface area contributed by atoms with Crippen LogP contribution in [-0.4, -0.2) is 61.5 Å². The van der Waals surface area contributed by atoms with Crippen LogP contribution in [0.2, 0.25) is 0 Å². The highest BCUT2D eigenvalue weighted by molar-refractivity contribution is 5.94. The van der Waals surface area contributed by atoms with Crippen molar-refractivity contribution < 1.29 is 18.7 Å². The monoisotopic (exact) mass is 306 g/mol. The van der Waals surface area contributed by atoms with Crippen molar-refractivity contribution in [3.63, 3.8) is 0 Å². The highest BCUT2D eigenvalue weighted by Crippen LogP contribution is 2.41. The predicted octanol–water partition coefficient (Wildman–Crippen LogP) is 1.38. The van der Waals surface area contributed by atoms with Crippen LogP contribution in [0.5, 0.6) is 0 Å². The molecule has 2 fully saturated rings. The minimum atomic E-state index is -0.263. The van der Waals surface area contributed by atoms with E-state index in [9.17, 15) is 9.59 Å². The Balaban J connectivity index is 1.60. The molecule has 2 aliphatic rings. The Morgan fingerprint density at radius 3 is 2.68 bits per heavy atom. The molecule has 2 saturated heterocycles. The first kappa shape index (κ1) is 15.1. The largest absolute Gasteiger partial charge is 0.472 e. The van der Waals surface area contributed by atoms with Crippen molar-refractivity contribution in [2.75, 3.05) is 39.9 Å². The first-order valence-corrected chi connectivity index (χ1v) is 7.76. The first-order chi connectivity index (χ1) is 10.7. The van der Waals surface area contributed by atoms with Crippen molar-refractivity contribution in [2.24, 2.45) is 5.41 Å². The number of furan rings is 1. The van der Waals surface area contributed by atoms with Gasteiger partial charge in [0.1, 0.15) is 6.26 Å². The fourth-order valence-electron chi connectivity index (χ4n) is 3.48. The summed E-state index contributed by atoms with van der Waals surface area (Å²) >= 11 is 0. The van der Waals surface area contributed by atoms with E-state index in [1.165, 1.54) is 12.5 Å². The van der Waals surface area contributed by atoms with Crippen molar-refractivity contribution in [3.05, 3.63) is 24.2 Å². The lowest BCUT2D eigenvalue weighted by atomic mass is 9.77. The van der Waals surface area contributed by atoms with Gasteiger partial charge in [0.05, 0.1) is 23.8 Å². The van der Waals surface area contributed by atoms with E-state index in [2.05, 4.69) is 0 Å². The van der Waals surface area contributed by atoms with Crippen LogP contribution in [0.1, 0.15) is 29.6 Å². The molecule has 0 saturated carbocycles. The zero-order valence-electron chi connectivity index (χ0n) is 12.9. The van der Waals surface area contributed by atoms with Gasteiger partial charge in [0.15, 0.2) is 0 Å². The molecule has 3 rings (SSSR count). The lowest BCUT2D eigenvalue weighted by molar-refractivity contribution is -0.138. The number of likely N-dealkylation sites (tertiary alicyclic amines) is 2. The summed E-state index contributed by atoms with van der Waals surface area (Å²) in [6.07, 6.45) is 5.37. The number of methoxy groups -OCH3 is 1. The molecule has 6 heteroatoms. The average molecular weight is 306 g/mol. The molecule has 0 aromatic carbocycles. The van der Waals surface area contributed by atoms with Crippen LogP contribution in [-0.2, 0) is 9.53 Å². The quantitative estimate of drug-likeness (QED) is 0.843. The molecule has 22 heavy (non-hydrogen) atoms. The number of nitrogens with zero attached hydrogens (tertiary/aromatic N) is 2. The molecular weight excluding hydrogens is 284 g/mol. The molecule has 120 valence electrons. The molecule has 0 unspecified atom stereocenters. The van der Waals surface area contributed by atoms with Gasteiger partial charge in [0.2, 0.25) is 5.91 Å². The molecule has 3 heterocycles. The third-order valence-electron chi connectivity index (χ3n) is 4.94. The van der Waals surface area contributed by atoms with Crippen LogP contribution in [0.4, 0.5) is 0 Å². The van der Waals surface area contributed by atoms with Gasteiger partial charge in [-0.2, -0.15) is 0 Å². The number of hydrogen-bond acceptors (Lipinski definition) is 4. The predicted molar refractivity (Wildman–Crippen MR) is 79.4 cm³/mol. The zero-order valence-corrected chi connectivity index (χ0v) is 12.9. The Kier molecular flexibility index (Phi) is 4.20. The second-order valence-corrected chi connectivity index (χ2v) is 6.12. The van der Waals surface area contributed by atoms with Gasteiger partial charge in [-0.25, -0.2) is 0 Å². The SMILES string of the molecule is COCCN1CCC2(CCN(C(=O)c3ccoc3)CC2)C1=O. The molecule has 1 aromatic heterocycles. The molecule has 0 atom stereocenters. The molecule has 2 aliphatic heterocycles. The summed E-state index contributed by atoms with van der Waals surface area (Å²) in [5.74, 6) is 0.227. The Morgan fingerprint density at radius 2 is 2.05 bits per heavy atom. The fourth-order valence-corrected chi connectivity index (χ4v) is 3.48. The van der Waals surface area contributed by atoms with Gasteiger partial charge in [0.25, 0.3) is 5.91 Å². The van der Waals surface area contributed by atoms with Crippen molar-refractivity contribution in [3.8, 4) is 0 Å². The lowest BCUT2D eigenvalue weighted by Gasteiger charge is -2.37. The molecule has 1 aromatic rings. The summed E-state index contributed by atoms with van der Waals surface area (Å²) in [4.78, 5) is 28.7. The van der Waals surface area contributed by atoms with E-state index in [1.807, 2.05) is 9.80 Å². The van der Waals surface area contributed by atoms with E-state index >= 15 is 0 Å². The maximum Gasteiger partial charge on any atom is 0.257 e. The minimum absolute atomic E-state index is 0.00900. The van der Waals surface area contributed by atoms with Crippen LogP contribution >= 0.6 is 0 Å². The summed E-state index contributed by atoms with van der Waals surface area (Å²) in [5, 5.41) is 0. The summed E-state index contributed by atoms with van der Waals surface area (Å²) in [7, 11) is 1.65. The Labute approximate surface area is 130 Å². The molecule has 0 N–H and O–H groups in total. The Bertz CT molecular complexity index is 532. The number of piperidine rings is 1. The number of carbonyl (C=O) groups excluding carboxylic acids is 2. The van der Waals surface area contributed by atoms with Crippen molar-refractivity contribution in [2.45, 2.75) is 19.3 Å². The van der Waals surface area contributed by atoms with E-state index < -0.39 is 0 Å². The maximum absolute atomic E-state index is 12.6. The van der Waals surface area contributed by atoms with Crippen LogP contribution in [0.3, 0.4) is 0 Å². The number of carbonyl (C=O) groups is 2. The van der Waals surface area contributed by atoms with Crippen molar-refractivity contribution in [1.82, 2.24) is 9.80 Å². The zero-order chi connectivity index (χ0) is 15.6. The van der Waals surface area contributed by atoms with Crippen LogP contribution in [0, 0.1) is 5.41 Å². The number of rotatable bonds is 4. The topological polar surface area (TPSA) is 63.0 Å². The van der Waals surface area contributed by atoms with Gasteiger partial charge in [-0.1, -0.05) is 0 Å². The van der Waals surface area contributed by atoms with Gasteiger partial charge in [-0.3, -0.25) is 9.59 Å². The smallest absolute Gasteiger partial charge is 0.257 e. The van der Waals surface area contributed by atoms with Crippen molar-refractivity contribution in [1.29, 1.82) is 0 Å². The van der Waals surface area contributed by atoms with E-state index in [0.717, 1.165) is 25.8 Å². The first-order valence-electron chi connectivity index (χ1n) is 7.76. The van der Waals surface area contributed by atoms with Gasteiger partial charge in [-0.05, 0) is 25.3 Å². The summed E-state index contributed by atoms with van der Waals surface area (Å²) < 4.78 is 10.0. The van der Waals surface area contributed by atoms with E-state index in [0.29, 0.717) is 31.8 Å². The number of hydrogen-bond donors (Lipinski definition) is 0. The molecule has 0 aliphatic carbocycles. The summed E-state index contributed by atoms with van der Waals surface area (Å²) in [5.41, 5.74) is 0.316. The van der Waals surface area contributed by atoms with Gasteiger partial charge in [-0.15, -0.1) is 0 Å². The molecule has 6 nitrogen and oxygen atoms in total. The second-order valence-electron chi connectivity index (χ2n) is 6.12. The van der Waals surface area contributed by atoms with Gasteiger partial charge >= 0.3 is 0 Å². The molecule has 0 radical (unpaired) electrons. The average Bonchev–Trinajstić information content (AvgIpc) is 3.17. The molecular formula is C16H22N2O4. The highest BCUT2D eigenvalue weighted by atomic mass is 16.5. The van der Waals surface area contributed by atoms with Crippen LogP contribution < -0.4 is 0 Å². The van der Waals surface area contributed by atoms with E-state index in [4.69, 9.17) is 9.15 Å². The van der Waals surface area contributed by atoms with Gasteiger partial charge in [0, 0.05) is 33.3 Å². The minimum Gasteiger partial charge on any atom is -0.472 e.